The van der Waals surface area contributed by atoms with E-state index in [-0.39, 0.29) is 11.5 Å². The van der Waals surface area contributed by atoms with E-state index in [1.54, 1.807) is 4.90 Å². The van der Waals surface area contributed by atoms with Crippen LogP contribution in [0.4, 0.5) is 4.39 Å². The molecule has 0 bridgehead atoms. The van der Waals surface area contributed by atoms with E-state index >= 15 is 0 Å². The van der Waals surface area contributed by atoms with Crippen LogP contribution in [0.25, 0.3) is 0 Å². The lowest BCUT2D eigenvalue weighted by atomic mass is 10.0. The first-order valence-corrected chi connectivity index (χ1v) is 7.34. The molecule has 2 aromatic carbocycles. The predicted octanol–water partition coefficient (Wildman–Crippen LogP) is 4.07. The fraction of sp³-hybridized carbons (Fsp3) is 0.235. The lowest BCUT2D eigenvalue weighted by Gasteiger charge is -2.21. The number of hydrogen-bond donors (Lipinski definition) is 0. The van der Waals surface area contributed by atoms with Crippen LogP contribution < -0.4 is 0 Å². The maximum Gasteiger partial charge on any atom is 0.257 e. The minimum Gasteiger partial charge on any atom is -0.334 e. The molecule has 0 saturated carbocycles. The van der Waals surface area contributed by atoms with Crippen molar-refractivity contribution in [1.82, 2.24) is 4.90 Å². The number of hydrogen-bond acceptors (Lipinski definition) is 1. The summed E-state index contributed by atoms with van der Waals surface area (Å²) in [5.41, 5.74) is 2.44. The van der Waals surface area contributed by atoms with Gasteiger partial charge in [-0.2, -0.15) is 0 Å². The highest BCUT2D eigenvalue weighted by Crippen LogP contribution is 2.22. The highest BCUT2D eigenvalue weighted by molar-refractivity contribution is 6.31. The monoisotopic (exact) mass is 303 g/mol. The van der Waals surface area contributed by atoms with E-state index in [2.05, 4.69) is 6.07 Å². The zero-order valence-electron chi connectivity index (χ0n) is 11.5. The molecule has 2 nitrogen and oxygen atoms in total. The van der Waals surface area contributed by atoms with Crippen molar-refractivity contribution in [1.29, 1.82) is 0 Å². The Balaban J connectivity index is 1.90. The Labute approximate surface area is 128 Å². The normalized spacial score (nSPS) is 14.5. The first-order valence-electron chi connectivity index (χ1n) is 6.96. The van der Waals surface area contributed by atoms with Crippen molar-refractivity contribution in [2.45, 2.75) is 19.4 Å². The van der Waals surface area contributed by atoms with Crippen molar-refractivity contribution in [2.75, 3.05) is 6.54 Å². The third-order valence-electron chi connectivity index (χ3n) is 3.80. The van der Waals surface area contributed by atoms with Gasteiger partial charge in [-0.3, -0.25) is 4.79 Å². The van der Waals surface area contributed by atoms with E-state index in [4.69, 9.17) is 11.6 Å². The topological polar surface area (TPSA) is 20.3 Å². The van der Waals surface area contributed by atoms with E-state index in [0.717, 1.165) is 18.4 Å². The molecule has 21 heavy (non-hydrogen) atoms. The number of aryl methyl sites for hydroxylation is 1. The molecule has 1 heterocycles. The van der Waals surface area contributed by atoms with Gasteiger partial charge < -0.3 is 4.90 Å². The Morgan fingerprint density at radius 2 is 1.90 bits per heavy atom. The molecular formula is C17H15ClFNO. The van der Waals surface area contributed by atoms with Gasteiger partial charge >= 0.3 is 0 Å². The molecule has 0 atom stereocenters. The van der Waals surface area contributed by atoms with Gasteiger partial charge in [-0.15, -0.1) is 0 Å². The van der Waals surface area contributed by atoms with Gasteiger partial charge in [-0.25, -0.2) is 4.39 Å². The van der Waals surface area contributed by atoms with Gasteiger partial charge in [0.15, 0.2) is 0 Å². The molecule has 3 rings (SSSR count). The summed E-state index contributed by atoms with van der Waals surface area (Å²) >= 11 is 5.88. The van der Waals surface area contributed by atoms with Crippen molar-refractivity contribution in [3.05, 3.63) is 70.0 Å². The van der Waals surface area contributed by atoms with Gasteiger partial charge in [0.05, 0.1) is 5.56 Å². The van der Waals surface area contributed by atoms with Gasteiger partial charge in [0, 0.05) is 18.1 Å². The molecule has 0 spiro atoms. The largest absolute Gasteiger partial charge is 0.334 e. The third kappa shape index (κ3) is 2.93. The molecule has 0 unspecified atom stereocenters. The van der Waals surface area contributed by atoms with E-state index < -0.39 is 5.82 Å². The van der Waals surface area contributed by atoms with Crippen LogP contribution in [-0.4, -0.2) is 17.4 Å². The molecule has 0 aromatic heterocycles. The molecule has 1 amide bonds. The summed E-state index contributed by atoms with van der Waals surface area (Å²) in [6.45, 7) is 1.14. The number of benzene rings is 2. The number of fused-ring (bicyclic) bond motifs is 1. The predicted molar refractivity (Wildman–Crippen MR) is 80.9 cm³/mol. The second kappa shape index (κ2) is 5.86. The van der Waals surface area contributed by atoms with Crippen molar-refractivity contribution >= 4 is 17.5 Å². The lowest BCUT2D eigenvalue weighted by Crippen LogP contribution is -2.31. The summed E-state index contributed by atoms with van der Waals surface area (Å²) in [6, 6.07) is 12.2. The van der Waals surface area contributed by atoms with Crippen LogP contribution in [0.15, 0.2) is 42.5 Å². The summed E-state index contributed by atoms with van der Waals surface area (Å²) in [5.74, 6) is -0.825. The number of carbonyl (C=O) groups is 1. The molecule has 0 aliphatic carbocycles. The van der Waals surface area contributed by atoms with Gasteiger partial charge in [0.2, 0.25) is 0 Å². The summed E-state index contributed by atoms with van der Waals surface area (Å²) in [5, 5.41) is 0.370. The van der Waals surface area contributed by atoms with Crippen molar-refractivity contribution in [2.24, 2.45) is 0 Å². The Hall–Kier alpha value is -1.87. The average Bonchev–Trinajstić information content (AvgIpc) is 2.71. The molecule has 0 saturated heterocycles. The molecule has 0 fully saturated rings. The van der Waals surface area contributed by atoms with E-state index in [1.807, 2.05) is 18.2 Å². The van der Waals surface area contributed by atoms with Crippen LogP contribution >= 0.6 is 11.6 Å². The standard InChI is InChI=1S/C17H15ClFNO/c18-14-7-8-16(19)15(10-14)17(21)20-9-3-6-12-4-1-2-5-13(12)11-20/h1-2,4-5,7-8,10H,3,6,9,11H2. The summed E-state index contributed by atoms with van der Waals surface area (Å²) < 4.78 is 13.9. The number of halogens is 2. The number of carbonyl (C=O) groups excluding carboxylic acids is 1. The lowest BCUT2D eigenvalue weighted by molar-refractivity contribution is 0.0741. The molecule has 0 radical (unpaired) electrons. The van der Waals surface area contributed by atoms with Gasteiger partial charge in [0.1, 0.15) is 5.82 Å². The van der Waals surface area contributed by atoms with E-state index in [9.17, 15) is 9.18 Å². The van der Waals surface area contributed by atoms with Crippen LogP contribution in [0.1, 0.15) is 27.9 Å². The number of rotatable bonds is 1. The summed E-state index contributed by atoms with van der Waals surface area (Å²) in [4.78, 5) is 14.3. The number of amides is 1. The molecular weight excluding hydrogens is 289 g/mol. The van der Waals surface area contributed by atoms with Crippen LogP contribution in [0.5, 0.6) is 0 Å². The zero-order chi connectivity index (χ0) is 14.8. The van der Waals surface area contributed by atoms with Gasteiger partial charge in [-0.1, -0.05) is 35.9 Å². The van der Waals surface area contributed by atoms with Crippen LogP contribution in [0, 0.1) is 5.82 Å². The molecule has 1 aliphatic rings. The highest BCUT2D eigenvalue weighted by Gasteiger charge is 2.22. The van der Waals surface area contributed by atoms with Crippen LogP contribution in [0.3, 0.4) is 0 Å². The van der Waals surface area contributed by atoms with Crippen LogP contribution in [-0.2, 0) is 13.0 Å². The van der Waals surface area contributed by atoms with Crippen molar-refractivity contribution in [3.63, 3.8) is 0 Å². The molecule has 108 valence electrons. The minimum absolute atomic E-state index is 0.0434. The minimum atomic E-state index is -0.526. The maximum absolute atomic E-state index is 13.9. The quantitative estimate of drug-likeness (QED) is 0.778. The first-order chi connectivity index (χ1) is 10.1. The zero-order valence-corrected chi connectivity index (χ0v) is 12.2. The first kappa shape index (κ1) is 14.1. The SMILES string of the molecule is O=C(c1cc(Cl)ccc1F)N1CCCc2ccccc2C1. The smallest absolute Gasteiger partial charge is 0.257 e. The second-order valence-electron chi connectivity index (χ2n) is 5.22. The van der Waals surface area contributed by atoms with Crippen molar-refractivity contribution in [3.8, 4) is 0 Å². The molecule has 0 N–H and O–H groups in total. The fourth-order valence-electron chi connectivity index (χ4n) is 2.71. The van der Waals surface area contributed by atoms with E-state index in [0.29, 0.717) is 18.1 Å². The third-order valence-corrected chi connectivity index (χ3v) is 4.03. The highest BCUT2D eigenvalue weighted by atomic mass is 35.5. The molecule has 1 aliphatic heterocycles. The summed E-state index contributed by atoms with van der Waals surface area (Å²) in [7, 11) is 0. The second-order valence-corrected chi connectivity index (χ2v) is 5.66. The van der Waals surface area contributed by atoms with Gasteiger partial charge in [-0.05, 0) is 42.2 Å². The van der Waals surface area contributed by atoms with Crippen LogP contribution in [0.2, 0.25) is 5.02 Å². The Kier molecular flexibility index (Phi) is 3.93. The average molecular weight is 304 g/mol. The Morgan fingerprint density at radius 1 is 1.14 bits per heavy atom. The molecule has 4 heteroatoms. The van der Waals surface area contributed by atoms with E-state index in [1.165, 1.54) is 23.8 Å². The molecule has 2 aromatic rings. The fourth-order valence-corrected chi connectivity index (χ4v) is 2.88. The Bertz CT molecular complexity index is 686. The Morgan fingerprint density at radius 3 is 2.71 bits per heavy atom. The van der Waals surface area contributed by atoms with Crippen molar-refractivity contribution < 1.29 is 9.18 Å². The van der Waals surface area contributed by atoms with Gasteiger partial charge in [0.25, 0.3) is 5.91 Å². The number of nitrogens with zero attached hydrogens (tertiary/aromatic N) is 1. The summed E-state index contributed by atoms with van der Waals surface area (Å²) in [6.07, 6.45) is 1.82. The maximum atomic E-state index is 13.9.